The van der Waals surface area contributed by atoms with Crippen molar-refractivity contribution in [1.82, 2.24) is 9.97 Å². The average Bonchev–Trinajstić information content (AvgIpc) is 3.39. The SMILES string of the molecule is Cc1cc(N=S2(=O)CCC2)cc2ncnc(Nc3ccc(F)cc3O[C@@H]3CO[C@@H]4CCOC43)c12. The molecule has 3 fully saturated rings. The van der Waals surface area contributed by atoms with E-state index in [4.69, 9.17) is 14.2 Å². The molecular formula is C24H25FN4O4S. The third-order valence-corrected chi connectivity index (χ3v) is 8.91. The largest absolute Gasteiger partial charge is 0.483 e. The quantitative estimate of drug-likeness (QED) is 0.578. The first-order chi connectivity index (χ1) is 16.5. The summed E-state index contributed by atoms with van der Waals surface area (Å²) in [5.41, 5.74) is 2.83. The smallest absolute Gasteiger partial charge is 0.151 e. The fourth-order valence-electron chi connectivity index (χ4n) is 4.71. The number of hydrogen-bond acceptors (Lipinski definition) is 8. The van der Waals surface area contributed by atoms with Crippen molar-refractivity contribution in [1.29, 1.82) is 0 Å². The first kappa shape index (κ1) is 21.7. The van der Waals surface area contributed by atoms with E-state index in [9.17, 15) is 8.60 Å². The molecule has 1 N–H and O–H groups in total. The Kier molecular flexibility index (Phi) is 5.39. The van der Waals surface area contributed by atoms with E-state index in [0.29, 0.717) is 53.2 Å². The molecule has 34 heavy (non-hydrogen) atoms. The van der Waals surface area contributed by atoms with Crippen LogP contribution in [0.25, 0.3) is 10.9 Å². The van der Waals surface area contributed by atoms with Gasteiger partial charge in [-0.2, -0.15) is 4.36 Å². The lowest BCUT2D eigenvalue weighted by atomic mass is 10.1. The Bertz CT molecular complexity index is 1380. The number of ether oxygens (including phenoxy) is 3. The van der Waals surface area contributed by atoms with E-state index >= 15 is 0 Å². The molecule has 0 saturated carbocycles. The maximum atomic E-state index is 14.1. The first-order valence-electron chi connectivity index (χ1n) is 11.4. The number of halogens is 1. The van der Waals surface area contributed by atoms with Crippen LogP contribution < -0.4 is 10.1 Å². The molecule has 3 aliphatic heterocycles. The van der Waals surface area contributed by atoms with E-state index in [0.717, 1.165) is 23.8 Å². The van der Waals surface area contributed by atoms with E-state index in [1.54, 1.807) is 6.07 Å². The summed E-state index contributed by atoms with van der Waals surface area (Å²) in [6.07, 6.45) is 2.82. The van der Waals surface area contributed by atoms with Crippen molar-refractivity contribution < 1.29 is 22.8 Å². The second kappa shape index (κ2) is 8.44. The molecule has 3 aromatic rings. The Balaban J connectivity index is 1.33. The maximum absolute atomic E-state index is 14.1. The molecule has 0 spiro atoms. The molecular weight excluding hydrogens is 459 g/mol. The average molecular weight is 485 g/mol. The number of aromatic nitrogens is 2. The molecule has 6 rings (SSSR count). The lowest BCUT2D eigenvalue weighted by Crippen LogP contribution is -2.32. The van der Waals surface area contributed by atoms with E-state index in [1.165, 1.54) is 18.5 Å². The lowest BCUT2D eigenvalue weighted by molar-refractivity contribution is 0.0310. The Morgan fingerprint density at radius 3 is 2.91 bits per heavy atom. The number of nitrogens with zero attached hydrogens (tertiary/aromatic N) is 3. The summed E-state index contributed by atoms with van der Waals surface area (Å²) < 4.78 is 48.9. The standard InChI is InChI=1S/C24H25FN4O4S/c1-14-9-16(29-34(30)7-2-8-34)11-18-22(14)24(27-13-26-18)28-17-4-3-15(25)10-20(17)33-21-12-32-19-5-6-31-23(19)21/h3-4,9-11,13,19,21,23H,2,5-8,12H2,1H3,(H,26,27,28)/t19-,21-,23?/m1/s1. The predicted molar refractivity (Wildman–Crippen MR) is 127 cm³/mol. The van der Waals surface area contributed by atoms with Crippen molar-refractivity contribution in [2.75, 3.05) is 30.0 Å². The monoisotopic (exact) mass is 484 g/mol. The predicted octanol–water partition coefficient (Wildman–Crippen LogP) is 4.26. The molecule has 10 heteroatoms. The van der Waals surface area contributed by atoms with Gasteiger partial charge in [-0.25, -0.2) is 18.6 Å². The minimum Gasteiger partial charge on any atom is -0.483 e. The van der Waals surface area contributed by atoms with Crippen LogP contribution in [0.2, 0.25) is 0 Å². The molecule has 8 nitrogen and oxygen atoms in total. The van der Waals surface area contributed by atoms with Crippen LogP contribution in [0.3, 0.4) is 0 Å². The van der Waals surface area contributed by atoms with E-state index in [1.807, 2.05) is 19.1 Å². The number of anilines is 2. The molecule has 0 amide bonds. The van der Waals surface area contributed by atoms with Crippen molar-refractivity contribution in [2.24, 2.45) is 4.36 Å². The van der Waals surface area contributed by atoms with Gasteiger partial charge >= 0.3 is 0 Å². The number of aryl methyl sites for hydroxylation is 1. The van der Waals surface area contributed by atoms with Crippen LogP contribution in [-0.4, -0.2) is 57.2 Å². The zero-order valence-corrected chi connectivity index (χ0v) is 19.5. The molecule has 178 valence electrons. The van der Waals surface area contributed by atoms with Crippen LogP contribution in [0.15, 0.2) is 41.0 Å². The highest BCUT2D eigenvalue weighted by Crippen LogP contribution is 2.36. The summed E-state index contributed by atoms with van der Waals surface area (Å²) in [6, 6.07) is 8.08. The van der Waals surface area contributed by atoms with Crippen LogP contribution in [0, 0.1) is 12.7 Å². The van der Waals surface area contributed by atoms with E-state index in [-0.39, 0.29) is 18.3 Å². The van der Waals surface area contributed by atoms with Crippen molar-refractivity contribution in [3.8, 4) is 5.75 Å². The summed E-state index contributed by atoms with van der Waals surface area (Å²) >= 11 is 0. The number of nitrogens with one attached hydrogen (secondary N) is 1. The van der Waals surface area contributed by atoms with Crippen molar-refractivity contribution >= 4 is 37.8 Å². The highest BCUT2D eigenvalue weighted by atomic mass is 32.2. The van der Waals surface area contributed by atoms with Gasteiger partial charge in [0, 0.05) is 29.6 Å². The molecule has 1 aromatic heterocycles. The second-order valence-electron chi connectivity index (χ2n) is 8.92. The summed E-state index contributed by atoms with van der Waals surface area (Å²) in [5.74, 6) is 1.82. The van der Waals surface area contributed by atoms with Gasteiger partial charge < -0.3 is 19.5 Å². The minimum absolute atomic E-state index is 0.0260. The summed E-state index contributed by atoms with van der Waals surface area (Å²) in [7, 11) is -2.12. The molecule has 0 radical (unpaired) electrons. The van der Waals surface area contributed by atoms with Gasteiger partial charge in [0.2, 0.25) is 0 Å². The van der Waals surface area contributed by atoms with Gasteiger partial charge in [-0.05, 0) is 49.6 Å². The molecule has 3 saturated heterocycles. The number of benzene rings is 2. The normalized spacial score (nSPS) is 25.1. The number of fused-ring (bicyclic) bond motifs is 2. The zero-order valence-electron chi connectivity index (χ0n) is 18.7. The molecule has 4 heterocycles. The molecule has 0 bridgehead atoms. The van der Waals surface area contributed by atoms with E-state index < -0.39 is 15.5 Å². The van der Waals surface area contributed by atoms with Gasteiger partial charge in [0.25, 0.3) is 0 Å². The molecule has 3 aliphatic rings. The first-order valence-corrected chi connectivity index (χ1v) is 13.3. The highest BCUT2D eigenvalue weighted by molar-refractivity contribution is 7.95. The van der Waals surface area contributed by atoms with Crippen LogP contribution in [0.4, 0.5) is 21.6 Å². The number of rotatable bonds is 5. The Hall–Kier alpha value is -2.82. The van der Waals surface area contributed by atoms with Gasteiger partial charge in [0.1, 0.15) is 29.8 Å². The lowest BCUT2D eigenvalue weighted by Gasteiger charge is -2.21. The van der Waals surface area contributed by atoms with Crippen molar-refractivity contribution in [3.05, 3.63) is 48.0 Å². The van der Waals surface area contributed by atoms with Crippen LogP contribution in [0.1, 0.15) is 18.4 Å². The Labute approximate surface area is 197 Å². The summed E-state index contributed by atoms with van der Waals surface area (Å²) in [6.45, 7) is 2.98. The molecule has 1 unspecified atom stereocenters. The van der Waals surface area contributed by atoms with Gasteiger partial charge in [-0.3, -0.25) is 0 Å². The molecule has 0 aliphatic carbocycles. The third kappa shape index (κ3) is 3.99. The van der Waals surface area contributed by atoms with Crippen LogP contribution in [-0.2, 0) is 19.2 Å². The van der Waals surface area contributed by atoms with E-state index in [2.05, 4.69) is 19.6 Å². The highest BCUT2D eigenvalue weighted by Gasteiger charge is 2.43. The van der Waals surface area contributed by atoms with Gasteiger partial charge in [0.15, 0.2) is 6.10 Å². The fourth-order valence-corrected chi connectivity index (χ4v) is 6.17. The summed E-state index contributed by atoms with van der Waals surface area (Å²) in [5, 5.41) is 4.10. The minimum atomic E-state index is -2.12. The summed E-state index contributed by atoms with van der Waals surface area (Å²) in [4.78, 5) is 8.84. The Morgan fingerprint density at radius 1 is 1.21 bits per heavy atom. The van der Waals surface area contributed by atoms with Crippen LogP contribution >= 0.6 is 0 Å². The second-order valence-corrected chi connectivity index (χ2v) is 11.5. The van der Waals surface area contributed by atoms with Crippen LogP contribution in [0.5, 0.6) is 5.75 Å². The van der Waals surface area contributed by atoms with Crippen molar-refractivity contribution in [3.63, 3.8) is 0 Å². The fraction of sp³-hybridized carbons (Fsp3) is 0.417. The third-order valence-electron chi connectivity index (χ3n) is 6.51. The van der Waals surface area contributed by atoms with Gasteiger partial charge in [0.05, 0.1) is 39.3 Å². The molecule has 2 aromatic carbocycles. The van der Waals surface area contributed by atoms with Gasteiger partial charge in [-0.15, -0.1) is 0 Å². The maximum Gasteiger partial charge on any atom is 0.151 e. The number of hydrogen-bond donors (Lipinski definition) is 1. The molecule has 3 atom stereocenters. The zero-order chi connectivity index (χ0) is 23.3. The Morgan fingerprint density at radius 2 is 2.09 bits per heavy atom. The van der Waals surface area contributed by atoms with Crippen molar-refractivity contribution in [2.45, 2.75) is 38.1 Å². The topological polar surface area (TPSA) is 94.9 Å². The van der Waals surface area contributed by atoms with Gasteiger partial charge in [-0.1, -0.05) is 0 Å².